The molecule has 0 spiro atoms. The van der Waals surface area contributed by atoms with Gasteiger partial charge in [-0.05, 0) is 80.5 Å². The van der Waals surface area contributed by atoms with Gasteiger partial charge in [-0.1, -0.05) is 23.7 Å². The molecule has 2 N–H and O–H groups in total. The van der Waals surface area contributed by atoms with E-state index in [0.717, 1.165) is 54.9 Å². The predicted molar refractivity (Wildman–Crippen MR) is 211 cm³/mol. The van der Waals surface area contributed by atoms with Crippen molar-refractivity contribution in [2.75, 3.05) is 44.7 Å². The minimum Gasteiger partial charge on any atom is -0.453 e. The first kappa shape index (κ1) is 37.2. The van der Waals surface area contributed by atoms with Crippen LogP contribution < -0.4 is 15.0 Å². The van der Waals surface area contributed by atoms with Crippen LogP contribution in [0.3, 0.4) is 0 Å². The molecule has 3 aromatic heterocycles. The summed E-state index contributed by atoms with van der Waals surface area (Å²) < 4.78 is 7.94. The number of amides is 4. The van der Waals surface area contributed by atoms with Crippen LogP contribution >= 0.6 is 11.6 Å². The number of carbonyl (C=O) groups excluding carboxylic acids is 4. The molecule has 14 nitrogen and oxygen atoms in total. The van der Waals surface area contributed by atoms with Crippen molar-refractivity contribution in [3.8, 4) is 22.9 Å². The smallest absolute Gasteiger partial charge is 0.253 e. The number of anilines is 1. The molecule has 0 bridgehead atoms. The fourth-order valence-electron chi connectivity index (χ4n) is 8.23. The number of likely N-dealkylation sites (tertiary alicyclic amines) is 1. The summed E-state index contributed by atoms with van der Waals surface area (Å²) in [5, 5.41) is 7.15. The van der Waals surface area contributed by atoms with Crippen LogP contribution in [-0.2, 0) is 21.4 Å². The number of nitrogens with one attached hydrogen (secondary N) is 2. The maximum Gasteiger partial charge on any atom is 0.253 e. The molecule has 3 aliphatic heterocycles. The normalized spacial score (nSPS) is 20.0. The summed E-state index contributed by atoms with van der Waals surface area (Å²) in [4.78, 5) is 69.4. The van der Waals surface area contributed by atoms with E-state index < -0.39 is 0 Å². The van der Waals surface area contributed by atoms with Crippen molar-refractivity contribution in [1.82, 2.24) is 39.8 Å². The summed E-state index contributed by atoms with van der Waals surface area (Å²) in [6.07, 6.45) is 6.73. The van der Waals surface area contributed by atoms with Gasteiger partial charge >= 0.3 is 0 Å². The Morgan fingerprint density at radius 2 is 1.80 bits per heavy atom. The number of aromatic amines is 1. The number of imidazole rings is 1. The number of aryl methyl sites for hydroxylation is 2. The number of halogens is 1. The Labute approximate surface area is 329 Å². The van der Waals surface area contributed by atoms with Gasteiger partial charge in [0.15, 0.2) is 11.4 Å². The first-order valence-corrected chi connectivity index (χ1v) is 19.4. The Hall–Kier alpha value is -5.76. The number of carbonyl (C=O) groups is 4. The zero-order valence-electron chi connectivity index (χ0n) is 31.6. The van der Waals surface area contributed by atoms with Crippen molar-refractivity contribution in [3.05, 3.63) is 82.8 Å². The highest BCUT2D eigenvalue weighted by Crippen LogP contribution is 2.37. The first-order chi connectivity index (χ1) is 27.0. The standard InChI is InChI=1S/C41H44ClN9O5/c1-24-32(23-49(3)47-24)37-45-35-36(33(42)19-43-38(35)46-37)56-30-12-8-27(9-13-30)41(55)51-17-4-5-28(22-51)40(54)48(2)20-25-16-18-50(21-25)29-10-6-26(7-11-29)31-14-15-34(52)44-39(31)53/h6-13,19,23,25,28,31H,4-5,14-18,20-22H2,1-3H3,(H,43,45,46)(H,44,52,53)/t25?,28?,31-/m0/s1. The third kappa shape index (κ3) is 7.57. The Kier molecular flexibility index (Phi) is 10.2. The zero-order chi connectivity index (χ0) is 39.1. The lowest BCUT2D eigenvalue weighted by Gasteiger charge is -2.34. The third-order valence-electron chi connectivity index (χ3n) is 11.2. The minimum absolute atomic E-state index is 0.0690. The SMILES string of the molecule is Cc1nn(C)cc1-c1nc2ncc(Cl)c(Oc3ccc(C(=O)N4CCCC(C(=O)N(C)CC5CCN(c6ccc([C@@H]7CCC(=O)NC7=O)cc6)C5)C4)cc3)c2[nH]1. The van der Waals surface area contributed by atoms with E-state index in [0.29, 0.717) is 77.5 Å². The molecule has 5 aromatic rings. The van der Waals surface area contributed by atoms with Gasteiger partial charge in [0.25, 0.3) is 5.91 Å². The highest BCUT2D eigenvalue weighted by atomic mass is 35.5. The first-order valence-electron chi connectivity index (χ1n) is 19.1. The number of hydrogen-bond donors (Lipinski definition) is 2. The molecule has 3 fully saturated rings. The summed E-state index contributed by atoms with van der Waals surface area (Å²) in [5.74, 6) is 0.735. The molecule has 0 radical (unpaired) electrons. The maximum absolute atomic E-state index is 13.7. The monoisotopic (exact) mass is 777 g/mol. The Balaban J connectivity index is 0.852. The van der Waals surface area contributed by atoms with E-state index in [1.807, 2.05) is 56.4 Å². The molecule has 6 heterocycles. The number of benzene rings is 2. The van der Waals surface area contributed by atoms with E-state index in [1.54, 1.807) is 33.8 Å². The van der Waals surface area contributed by atoms with E-state index in [9.17, 15) is 19.2 Å². The van der Waals surface area contributed by atoms with Crippen molar-refractivity contribution in [3.63, 3.8) is 0 Å². The lowest BCUT2D eigenvalue weighted by Crippen LogP contribution is -2.46. The predicted octanol–water partition coefficient (Wildman–Crippen LogP) is 5.47. The number of aromatic nitrogens is 5. The van der Waals surface area contributed by atoms with Crippen molar-refractivity contribution >= 4 is 52.1 Å². The molecule has 0 saturated carbocycles. The average Bonchev–Trinajstić information content (AvgIpc) is 3.94. The molecule has 290 valence electrons. The van der Waals surface area contributed by atoms with Crippen LogP contribution in [0, 0.1) is 18.8 Å². The largest absolute Gasteiger partial charge is 0.453 e. The quantitative estimate of drug-likeness (QED) is 0.185. The number of nitrogens with zero attached hydrogens (tertiary/aromatic N) is 7. The molecular weight excluding hydrogens is 734 g/mol. The lowest BCUT2D eigenvalue weighted by atomic mass is 9.90. The molecule has 15 heteroatoms. The number of rotatable bonds is 9. The molecule has 4 amide bonds. The van der Waals surface area contributed by atoms with Gasteiger partial charge in [0.05, 0.1) is 29.3 Å². The molecule has 3 saturated heterocycles. The number of piperidine rings is 2. The Morgan fingerprint density at radius 3 is 2.54 bits per heavy atom. The van der Waals surface area contributed by atoms with Crippen LogP contribution in [0.2, 0.25) is 5.02 Å². The summed E-state index contributed by atoms with van der Waals surface area (Å²) >= 11 is 6.54. The van der Waals surface area contributed by atoms with Gasteiger partial charge in [-0.25, -0.2) is 9.97 Å². The summed E-state index contributed by atoms with van der Waals surface area (Å²) in [6.45, 7) is 5.23. The van der Waals surface area contributed by atoms with Gasteiger partial charge in [-0.2, -0.15) is 5.10 Å². The van der Waals surface area contributed by atoms with Crippen molar-refractivity contribution < 1.29 is 23.9 Å². The molecule has 3 aliphatic rings. The third-order valence-corrected chi connectivity index (χ3v) is 11.4. The van der Waals surface area contributed by atoms with Crippen molar-refractivity contribution in [1.29, 1.82) is 0 Å². The second kappa shape index (κ2) is 15.4. The van der Waals surface area contributed by atoms with Crippen LogP contribution in [0.5, 0.6) is 11.5 Å². The Morgan fingerprint density at radius 1 is 1.02 bits per heavy atom. The molecule has 8 rings (SSSR count). The summed E-state index contributed by atoms with van der Waals surface area (Å²) in [7, 11) is 3.72. The minimum atomic E-state index is -0.301. The molecule has 56 heavy (non-hydrogen) atoms. The number of pyridine rings is 1. The molecule has 3 atom stereocenters. The van der Waals surface area contributed by atoms with Gasteiger partial charge in [0.1, 0.15) is 22.1 Å². The maximum atomic E-state index is 13.7. The molecule has 2 unspecified atom stereocenters. The highest BCUT2D eigenvalue weighted by Gasteiger charge is 2.33. The van der Waals surface area contributed by atoms with Crippen LogP contribution in [-0.4, -0.2) is 97.9 Å². The number of ether oxygens (including phenoxy) is 1. The summed E-state index contributed by atoms with van der Waals surface area (Å²) in [6, 6.07) is 15.0. The number of imide groups is 1. The van der Waals surface area contributed by atoms with E-state index >= 15 is 0 Å². The van der Waals surface area contributed by atoms with E-state index in [2.05, 4.69) is 30.3 Å². The highest BCUT2D eigenvalue weighted by molar-refractivity contribution is 6.32. The molecular formula is C41H44ClN9O5. The van der Waals surface area contributed by atoms with E-state index in [1.165, 1.54) is 6.20 Å². The van der Waals surface area contributed by atoms with Crippen molar-refractivity contribution in [2.45, 2.75) is 44.9 Å². The summed E-state index contributed by atoms with van der Waals surface area (Å²) in [5.41, 5.74) is 5.18. The lowest BCUT2D eigenvalue weighted by molar-refractivity contribution is -0.136. The number of hydrogen-bond acceptors (Lipinski definition) is 9. The van der Waals surface area contributed by atoms with Gasteiger partial charge in [0.2, 0.25) is 17.7 Å². The van der Waals surface area contributed by atoms with E-state index in [4.69, 9.17) is 16.3 Å². The van der Waals surface area contributed by atoms with Crippen molar-refractivity contribution in [2.24, 2.45) is 18.9 Å². The van der Waals surface area contributed by atoms with Crippen LogP contribution in [0.1, 0.15) is 59.6 Å². The molecule has 0 aliphatic carbocycles. The van der Waals surface area contributed by atoms with Gasteiger partial charge in [-0.3, -0.25) is 29.2 Å². The van der Waals surface area contributed by atoms with Crippen LogP contribution in [0.25, 0.3) is 22.6 Å². The second-order valence-electron chi connectivity index (χ2n) is 15.2. The average molecular weight is 778 g/mol. The zero-order valence-corrected chi connectivity index (χ0v) is 32.4. The van der Waals surface area contributed by atoms with Gasteiger partial charge in [-0.15, -0.1) is 0 Å². The Bertz CT molecular complexity index is 2300. The van der Waals surface area contributed by atoms with Crippen LogP contribution in [0.4, 0.5) is 5.69 Å². The van der Waals surface area contributed by atoms with E-state index in [-0.39, 0.29) is 35.5 Å². The number of fused-ring (bicyclic) bond motifs is 1. The van der Waals surface area contributed by atoms with Gasteiger partial charge in [0, 0.05) is 70.7 Å². The number of H-pyrrole nitrogens is 1. The topological polar surface area (TPSA) is 159 Å². The fourth-order valence-corrected chi connectivity index (χ4v) is 8.42. The van der Waals surface area contributed by atoms with Crippen LogP contribution in [0.15, 0.2) is 60.9 Å². The second-order valence-corrected chi connectivity index (χ2v) is 15.6. The molecule has 2 aromatic carbocycles. The fraction of sp³-hybridized carbons (Fsp3) is 0.390. The van der Waals surface area contributed by atoms with Gasteiger partial charge < -0.3 is 24.4 Å².